The lowest BCUT2D eigenvalue weighted by Crippen LogP contribution is -2.39. The minimum atomic E-state index is -2.92. The molecule has 1 amide bonds. The van der Waals surface area contributed by atoms with Gasteiger partial charge in [0.25, 0.3) is 0 Å². The number of halogens is 2. The molecule has 0 unspecified atom stereocenters. The van der Waals surface area contributed by atoms with Crippen molar-refractivity contribution in [2.24, 2.45) is 0 Å². The van der Waals surface area contributed by atoms with Crippen molar-refractivity contribution in [3.8, 4) is 11.5 Å². The van der Waals surface area contributed by atoms with Crippen LogP contribution in [0.5, 0.6) is 11.5 Å². The Hall–Kier alpha value is -2.67. The number of ether oxygens (including phenoxy) is 2. The first-order valence-electron chi connectivity index (χ1n) is 9.05. The van der Waals surface area contributed by atoms with E-state index in [4.69, 9.17) is 4.74 Å². The summed E-state index contributed by atoms with van der Waals surface area (Å²) in [5.41, 5.74) is 2.77. The van der Waals surface area contributed by atoms with Gasteiger partial charge in [-0.2, -0.15) is 8.78 Å². The smallest absolute Gasteiger partial charge is 0.387 e. The third-order valence-electron chi connectivity index (χ3n) is 4.55. The van der Waals surface area contributed by atoms with Gasteiger partial charge in [-0.1, -0.05) is 25.1 Å². The fourth-order valence-electron chi connectivity index (χ4n) is 2.70. The van der Waals surface area contributed by atoms with Crippen molar-refractivity contribution < 1.29 is 23.0 Å². The van der Waals surface area contributed by atoms with E-state index in [-0.39, 0.29) is 17.4 Å². The number of hydrogen-bond acceptors (Lipinski definition) is 4. The summed E-state index contributed by atoms with van der Waals surface area (Å²) in [6, 6.07) is 12.1. The molecule has 1 atom stereocenters. The highest BCUT2D eigenvalue weighted by molar-refractivity contribution is 5.94. The second-order valence-electron chi connectivity index (χ2n) is 6.49. The molecule has 0 bridgehead atoms. The highest BCUT2D eigenvalue weighted by Gasteiger charge is 2.19. The predicted octanol–water partition coefficient (Wildman–Crippen LogP) is 4.32. The average Bonchev–Trinajstić information content (AvgIpc) is 2.68. The normalized spacial score (nSPS) is 12.1. The van der Waals surface area contributed by atoms with Gasteiger partial charge in [-0.15, -0.1) is 0 Å². The Kier molecular flexibility index (Phi) is 7.75. The number of anilines is 1. The van der Waals surface area contributed by atoms with Crippen LogP contribution in [0.4, 0.5) is 14.5 Å². The van der Waals surface area contributed by atoms with E-state index in [9.17, 15) is 13.6 Å². The summed E-state index contributed by atoms with van der Waals surface area (Å²) in [6.45, 7) is 1.40. The van der Waals surface area contributed by atoms with E-state index in [0.717, 1.165) is 17.7 Å². The van der Waals surface area contributed by atoms with Crippen molar-refractivity contribution in [3.05, 3.63) is 53.6 Å². The van der Waals surface area contributed by atoms with Gasteiger partial charge in [-0.05, 0) is 55.8 Å². The Morgan fingerprint density at radius 3 is 2.32 bits per heavy atom. The van der Waals surface area contributed by atoms with E-state index in [0.29, 0.717) is 6.54 Å². The Balaban J connectivity index is 2.00. The van der Waals surface area contributed by atoms with E-state index in [2.05, 4.69) is 17.0 Å². The second-order valence-corrected chi connectivity index (χ2v) is 6.49. The van der Waals surface area contributed by atoms with Gasteiger partial charge in [-0.25, -0.2) is 0 Å². The van der Waals surface area contributed by atoms with Crippen molar-refractivity contribution >= 4 is 11.6 Å². The molecule has 1 N–H and O–H groups in total. The molecule has 0 saturated heterocycles. The van der Waals surface area contributed by atoms with Crippen molar-refractivity contribution in [1.29, 1.82) is 0 Å². The maximum Gasteiger partial charge on any atom is 0.387 e. The number of methoxy groups -OCH3 is 1. The van der Waals surface area contributed by atoms with E-state index < -0.39 is 12.7 Å². The molecule has 0 spiro atoms. The average molecular weight is 392 g/mol. The fourth-order valence-corrected chi connectivity index (χ4v) is 2.70. The van der Waals surface area contributed by atoms with Crippen LogP contribution in [0.3, 0.4) is 0 Å². The number of likely N-dealkylation sites (N-methyl/N-ethyl adjacent to an activating group) is 1. The quantitative estimate of drug-likeness (QED) is 0.691. The maximum atomic E-state index is 12.5. The van der Waals surface area contributed by atoms with Crippen molar-refractivity contribution in [2.75, 3.05) is 19.5 Å². The number of hydrogen-bond donors (Lipinski definition) is 1. The summed E-state index contributed by atoms with van der Waals surface area (Å²) < 4.78 is 34.4. The van der Waals surface area contributed by atoms with Gasteiger partial charge in [-0.3, -0.25) is 9.69 Å². The van der Waals surface area contributed by atoms with Gasteiger partial charge in [0.1, 0.15) is 0 Å². The van der Waals surface area contributed by atoms with Crippen LogP contribution in [0.1, 0.15) is 25.0 Å². The molecule has 2 aromatic carbocycles. The topological polar surface area (TPSA) is 50.8 Å². The lowest BCUT2D eigenvalue weighted by Gasteiger charge is -2.24. The zero-order valence-corrected chi connectivity index (χ0v) is 16.5. The molecule has 0 aliphatic rings. The molecule has 0 radical (unpaired) electrons. The number of benzene rings is 2. The highest BCUT2D eigenvalue weighted by Crippen LogP contribution is 2.30. The van der Waals surface area contributed by atoms with E-state index >= 15 is 0 Å². The summed E-state index contributed by atoms with van der Waals surface area (Å²) in [5.74, 6) is 0.0703. The van der Waals surface area contributed by atoms with Crippen LogP contribution in [-0.2, 0) is 17.8 Å². The number of carbonyl (C=O) groups is 1. The number of alkyl halides is 2. The zero-order chi connectivity index (χ0) is 20.7. The molecule has 0 aromatic heterocycles. The molecule has 0 heterocycles. The maximum absolute atomic E-state index is 12.5. The Morgan fingerprint density at radius 1 is 1.11 bits per heavy atom. The first-order chi connectivity index (χ1) is 13.3. The lowest BCUT2D eigenvalue weighted by atomic mass is 10.1. The van der Waals surface area contributed by atoms with Gasteiger partial charge >= 0.3 is 6.61 Å². The monoisotopic (exact) mass is 392 g/mol. The minimum absolute atomic E-state index is 0.0229. The van der Waals surface area contributed by atoms with E-state index in [1.54, 1.807) is 19.1 Å². The first kappa shape index (κ1) is 21.6. The molecular formula is C21H26F2N2O3. The number of carbonyl (C=O) groups excluding carboxylic acids is 1. The third kappa shape index (κ3) is 5.92. The summed E-state index contributed by atoms with van der Waals surface area (Å²) in [6.07, 6.45) is 0.942. The Bertz CT molecular complexity index is 782. The fraction of sp³-hybridized carbons (Fsp3) is 0.381. The second kappa shape index (κ2) is 10.0. The van der Waals surface area contributed by atoms with Crippen molar-refractivity contribution in [3.63, 3.8) is 0 Å². The zero-order valence-electron chi connectivity index (χ0n) is 16.5. The molecule has 152 valence electrons. The van der Waals surface area contributed by atoms with Crippen LogP contribution in [0, 0.1) is 0 Å². The van der Waals surface area contributed by atoms with Gasteiger partial charge in [0.05, 0.1) is 13.2 Å². The molecule has 2 aromatic rings. The number of rotatable bonds is 9. The number of nitrogens with one attached hydrogen (secondary N) is 1. The van der Waals surface area contributed by atoms with E-state index in [1.165, 1.54) is 18.7 Å². The molecule has 0 aliphatic carbocycles. The summed E-state index contributed by atoms with van der Waals surface area (Å²) >= 11 is 0. The molecule has 0 fully saturated rings. The highest BCUT2D eigenvalue weighted by atomic mass is 19.3. The summed E-state index contributed by atoms with van der Waals surface area (Å²) in [4.78, 5) is 14.4. The van der Waals surface area contributed by atoms with Crippen LogP contribution in [0.2, 0.25) is 0 Å². The Labute approximate surface area is 164 Å². The lowest BCUT2D eigenvalue weighted by molar-refractivity contribution is -0.120. The van der Waals surface area contributed by atoms with Crippen LogP contribution in [0.15, 0.2) is 42.5 Å². The largest absolute Gasteiger partial charge is 0.493 e. The molecule has 2 rings (SSSR count). The summed E-state index contributed by atoms with van der Waals surface area (Å²) in [5, 5.41) is 2.90. The van der Waals surface area contributed by atoms with Crippen LogP contribution in [-0.4, -0.2) is 37.6 Å². The van der Waals surface area contributed by atoms with Crippen LogP contribution >= 0.6 is 0 Å². The molecule has 28 heavy (non-hydrogen) atoms. The molecule has 5 nitrogen and oxygen atoms in total. The number of nitrogens with zero attached hydrogens (tertiary/aromatic N) is 1. The first-order valence-corrected chi connectivity index (χ1v) is 9.05. The number of aryl methyl sites for hydroxylation is 1. The summed E-state index contributed by atoms with van der Waals surface area (Å²) in [7, 11) is 3.21. The third-order valence-corrected chi connectivity index (χ3v) is 4.55. The standard InChI is InChI=1S/C21H26F2N2O3/c1-5-15-6-9-17(10-7-15)24-20(26)14(2)25(3)13-16-8-11-18(28-21(22)23)19(12-16)27-4/h6-12,14,21H,5,13H2,1-4H3,(H,24,26)/t14-/m0/s1. The van der Waals surface area contributed by atoms with Crippen molar-refractivity contribution in [1.82, 2.24) is 4.90 Å². The van der Waals surface area contributed by atoms with Crippen molar-refractivity contribution in [2.45, 2.75) is 39.5 Å². The predicted molar refractivity (Wildman–Crippen MR) is 105 cm³/mol. The Morgan fingerprint density at radius 2 is 1.75 bits per heavy atom. The molecule has 0 aliphatic heterocycles. The van der Waals surface area contributed by atoms with Gasteiger partial charge in [0, 0.05) is 12.2 Å². The number of amides is 1. The molecular weight excluding hydrogens is 366 g/mol. The van der Waals surface area contributed by atoms with Gasteiger partial charge in [0.15, 0.2) is 11.5 Å². The molecule has 0 saturated carbocycles. The van der Waals surface area contributed by atoms with E-state index in [1.807, 2.05) is 36.2 Å². The molecule has 7 heteroatoms. The minimum Gasteiger partial charge on any atom is -0.493 e. The van der Waals surface area contributed by atoms with Gasteiger partial charge < -0.3 is 14.8 Å². The van der Waals surface area contributed by atoms with Gasteiger partial charge in [0.2, 0.25) is 5.91 Å². The SMILES string of the molecule is CCc1ccc(NC(=O)[C@H](C)N(C)Cc2ccc(OC(F)F)c(OC)c2)cc1. The van der Waals surface area contributed by atoms with Crippen LogP contribution < -0.4 is 14.8 Å². The van der Waals surface area contributed by atoms with Crippen LogP contribution in [0.25, 0.3) is 0 Å².